The van der Waals surface area contributed by atoms with E-state index in [2.05, 4.69) is 5.32 Å². The van der Waals surface area contributed by atoms with Crippen LogP contribution in [0.3, 0.4) is 0 Å². The third kappa shape index (κ3) is 5.22. The van der Waals surface area contributed by atoms with Gasteiger partial charge in [-0.15, -0.1) is 0 Å². The van der Waals surface area contributed by atoms with Gasteiger partial charge in [0, 0.05) is 29.6 Å². The van der Waals surface area contributed by atoms with E-state index in [-0.39, 0.29) is 16.6 Å². The average Bonchev–Trinajstić information content (AvgIpc) is 2.69. The van der Waals surface area contributed by atoms with Crippen LogP contribution in [0.4, 0.5) is 18.9 Å². The lowest BCUT2D eigenvalue weighted by molar-refractivity contribution is -0.137. The van der Waals surface area contributed by atoms with Crippen LogP contribution in [-0.4, -0.2) is 29.8 Å². The first-order valence-electron chi connectivity index (χ1n) is 8.87. The first-order chi connectivity index (χ1) is 13.6. The van der Waals surface area contributed by atoms with Crippen molar-refractivity contribution in [2.24, 2.45) is 5.92 Å². The van der Waals surface area contributed by atoms with Crippen molar-refractivity contribution in [2.45, 2.75) is 19.0 Å². The van der Waals surface area contributed by atoms with E-state index in [1.54, 1.807) is 29.2 Å². The molecule has 1 fully saturated rings. The number of benzene rings is 2. The highest BCUT2D eigenvalue weighted by Gasteiger charge is 2.32. The molecule has 0 aliphatic carbocycles. The second kappa shape index (κ2) is 8.63. The molecule has 154 valence electrons. The van der Waals surface area contributed by atoms with Crippen molar-refractivity contribution in [3.8, 4) is 0 Å². The molecule has 0 atom stereocenters. The van der Waals surface area contributed by atoms with Crippen LogP contribution in [-0.2, 0) is 11.0 Å². The summed E-state index contributed by atoms with van der Waals surface area (Å²) in [5.74, 6) is -0.985. The number of carbonyl (C=O) groups excluding carboxylic acids is 2. The number of hydrogen-bond acceptors (Lipinski definition) is 2. The van der Waals surface area contributed by atoms with Gasteiger partial charge in [0.25, 0.3) is 5.91 Å². The summed E-state index contributed by atoms with van der Waals surface area (Å²) in [6.45, 7) is 0.742. The van der Waals surface area contributed by atoms with E-state index in [1.165, 1.54) is 0 Å². The van der Waals surface area contributed by atoms with Crippen LogP contribution in [0, 0.1) is 5.92 Å². The van der Waals surface area contributed by atoms with Crippen molar-refractivity contribution in [3.63, 3.8) is 0 Å². The molecule has 0 radical (unpaired) electrons. The molecule has 0 aromatic heterocycles. The molecule has 0 spiro atoms. The minimum absolute atomic E-state index is 0.0294. The van der Waals surface area contributed by atoms with Gasteiger partial charge in [0.2, 0.25) is 5.91 Å². The van der Waals surface area contributed by atoms with Crippen LogP contribution < -0.4 is 5.32 Å². The molecule has 0 unspecified atom stereocenters. The molecule has 2 amide bonds. The fourth-order valence-electron chi connectivity index (χ4n) is 3.15. The Balaban J connectivity index is 1.60. The largest absolute Gasteiger partial charge is 0.416 e. The number of nitrogens with zero attached hydrogens (tertiary/aromatic N) is 1. The molecular weight excluding hydrogens is 428 g/mol. The van der Waals surface area contributed by atoms with E-state index in [0.29, 0.717) is 36.5 Å². The molecule has 0 saturated carbocycles. The van der Waals surface area contributed by atoms with Crippen LogP contribution in [0.1, 0.15) is 28.8 Å². The molecule has 9 heteroatoms. The van der Waals surface area contributed by atoms with Gasteiger partial charge >= 0.3 is 6.18 Å². The summed E-state index contributed by atoms with van der Waals surface area (Å²) in [5, 5.41) is 3.05. The van der Waals surface area contributed by atoms with E-state index < -0.39 is 23.6 Å². The summed E-state index contributed by atoms with van der Waals surface area (Å²) < 4.78 is 38.6. The van der Waals surface area contributed by atoms with Gasteiger partial charge in [-0.2, -0.15) is 13.2 Å². The van der Waals surface area contributed by atoms with Crippen molar-refractivity contribution in [2.75, 3.05) is 18.4 Å². The SMILES string of the molecule is O=C(Nc1cc(C(F)(F)F)ccc1Cl)C1CCN(C(=O)c2ccc(Cl)cc2)CC1. The fourth-order valence-corrected chi connectivity index (χ4v) is 3.44. The average molecular weight is 445 g/mol. The van der Waals surface area contributed by atoms with Crippen LogP contribution in [0.2, 0.25) is 10.0 Å². The summed E-state index contributed by atoms with van der Waals surface area (Å²) >= 11 is 11.8. The van der Waals surface area contributed by atoms with E-state index in [0.717, 1.165) is 18.2 Å². The van der Waals surface area contributed by atoms with Crippen molar-refractivity contribution >= 4 is 40.7 Å². The quantitative estimate of drug-likeness (QED) is 0.678. The van der Waals surface area contributed by atoms with Gasteiger partial charge in [-0.1, -0.05) is 23.2 Å². The number of rotatable bonds is 3. The molecular formula is C20H17Cl2F3N2O2. The van der Waals surface area contributed by atoms with Crippen LogP contribution in [0.5, 0.6) is 0 Å². The Morgan fingerprint density at radius 3 is 2.21 bits per heavy atom. The molecule has 2 aromatic carbocycles. The predicted octanol–water partition coefficient (Wildman–Crippen LogP) is 5.50. The summed E-state index contributed by atoms with van der Waals surface area (Å²) in [6.07, 6.45) is -3.72. The third-order valence-electron chi connectivity index (χ3n) is 4.80. The molecule has 3 rings (SSSR count). The number of nitrogens with one attached hydrogen (secondary N) is 1. The van der Waals surface area contributed by atoms with Gasteiger partial charge in [-0.05, 0) is 55.3 Å². The topological polar surface area (TPSA) is 49.4 Å². The molecule has 4 nitrogen and oxygen atoms in total. The van der Waals surface area contributed by atoms with Crippen LogP contribution in [0.25, 0.3) is 0 Å². The van der Waals surface area contributed by atoms with Gasteiger partial charge in [0.05, 0.1) is 16.3 Å². The van der Waals surface area contributed by atoms with Gasteiger partial charge in [-0.25, -0.2) is 0 Å². The van der Waals surface area contributed by atoms with E-state index in [4.69, 9.17) is 23.2 Å². The van der Waals surface area contributed by atoms with Crippen molar-refractivity contribution in [1.29, 1.82) is 0 Å². The second-order valence-corrected chi connectivity index (χ2v) is 7.60. The zero-order valence-corrected chi connectivity index (χ0v) is 16.6. The highest BCUT2D eigenvalue weighted by atomic mass is 35.5. The normalized spacial score (nSPS) is 15.3. The van der Waals surface area contributed by atoms with E-state index >= 15 is 0 Å². The number of alkyl halides is 3. The van der Waals surface area contributed by atoms with Gasteiger partial charge in [0.1, 0.15) is 0 Å². The maximum atomic E-state index is 12.9. The standard InChI is InChI=1S/C20H17Cl2F3N2O2/c21-15-4-1-13(2-5-15)19(29)27-9-7-12(8-10-27)18(28)26-17-11-14(20(23,24)25)3-6-16(17)22/h1-6,11-12H,7-10H2,(H,26,28). The van der Waals surface area contributed by atoms with Gasteiger partial charge < -0.3 is 10.2 Å². The summed E-state index contributed by atoms with van der Waals surface area (Å²) in [4.78, 5) is 26.7. The number of likely N-dealkylation sites (tertiary alicyclic amines) is 1. The molecule has 29 heavy (non-hydrogen) atoms. The van der Waals surface area contributed by atoms with Gasteiger partial charge in [0.15, 0.2) is 0 Å². The van der Waals surface area contributed by atoms with Gasteiger partial charge in [-0.3, -0.25) is 9.59 Å². The monoisotopic (exact) mass is 444 g/mol. The Kier molecular flexibility index (Phi) is 6.39. The number of piperidine rings is 1. The van der Waals surface area contributed by atoms with E-state index in [1.807, 2.05) is 0 Å². The number of amides is 2. The van der Waals surface area contributed by atoms with E-state index in [9.17, 15) is 22.8 Å². The zero-order valence-electron chi connectivity index (χ0n) is 15.1. The third-order valence-corrected chi connectivity index (χ3v) is 5.38. The van der Waals surface area contributed by atoms with Crippen LogP contribution in [0.15, 0.2) is 42.5 Å². The Morgan fingerprint density at radius 2 is 1.62 bits per heavy atom. The molecule has 2 aromatic rings. The highest BCUT2D eigenvalue weighted by molar-refractivity contribution is 6.33. The summed E-state index contributed by atoms with van der Waals surface area (Å²) in [6, 6.07) is 9.32. The second-order valence-electron chi connectivity index (χ2n) is 6.76. The number of halogens is 5. The minimum Gasteiger partial charge on any atom is -0.339 e. The summed E-state index contributed by atoms with van der Waals surface area (Å²) in [7, 11) is 0. The highest BCUT2D eigenvalue weighted by Crippen LogP contribution is 2.34. The summed E-state index contributed by atoms with van der Waals surface area (Å²) in [5.41, 5.74) is -0.459. The molecule has 1 N–H and O–H groups in total. The minimum atomic E-state index is -4.53. The molecule has 1 saturated heterocycles. The lowest BCUT2D eigenvalue weighted by atomic mass is 9.95. The number of carbonyl (C=O) groups is 2. The first kappa shape index (κ1) is 21.5. The van der Waals surface area contributed by atoms with Crippen LogP contribution >= 0.6 is 23.2 Å². The number of hydrogen-bond donors (Lipinski definition) is 1. The van der Waals surface area contributed by atoms with Crippen molar-refractivity contribution in [1.82, 2.24) is 4.90 Å². The smallest absolute Gasteiger partial charge is 0.339 e. The van der Waals surface area contributed by atoms with Crippen molar-refractivity contribution < 1.29 is 22.8 Å². The Morgan fingerprint density at radius 1 is 1.00 bits per heavy atom. The Bertz CT molecular complexity index is 909. The molecule has 1 aliphatic rings. The Labute approximate surface area is 175 Å². The maximum absolute atomic E-state index is 12.9. The Hall–Kier alpha value is -2.25. The zero-order chi connectivity index (χ0) is 21.2. The lowest BCUT2D eigenvalue weighted by Gasteiger charge is -2.31. The molecule has 0 bridgehead atoms. The number of anilines is 1. The predicted molar refractivity (Wildman–Crippen MR) is 105 cm³/mol. The fraction of sp³-hybridized carbons (Fsp3) is 0.300. The maximum Gasteiger partial charge on any atom is 0.416 e. The molecule has 1 heterocycles. The first-order valence-corrected chi connectivity index (χ1v) is 9.63. The van der Waals surface area contributed by atoms with Crippen molar-refractivity contribution in [3.05, 3.63) is 63.6 Å². The lowest BCUT2D eigenvalue weighted by Crippen LogP contribution is -2.41. The molecule has 1 aliphatic heterocycles.